The Labute approximate surface area is 149 Å². The lowest BCUT2D eigenvalue weighted by Crippen LogP contribution is -2.05. The molecule has 2 heterocycles. The van der Waals surface area contributed by atoms with Crippen LogP contribution in [0, 0.1) is 0 Å². The Hall–Kier alpha value is -3.38. The molecule has 0 amide bonds. The molecule has 5 aromatic rings. The summed E-state index contributed by atoms with van der Waals surface area (Å²) in [6, 6.07) is 21.6. The average Bonchev–Trinajstić information content (AvgIpc) is 3.06. The molecule has 0 fully saturated rings. The maximum atomic E-state index is 8.99. The van der Waals surface area contributed by atoms with Crippen molar-refractivity contribution < 1.29 is 14.1 Å². The Balaban J connectivity index is 1.91. The van der Waals surface area contributed by atoms with Gasteiger partial charge in [0.05, 0.1) is 11.2 Å². The molecule has 2 aromatic heterocycles. The molecular weight excluding hydrogens is 327 g/mol. The lowest BCUT2D eigenvalue weighted by Gasteiger charge is -2.09. The van der Waals surface area contributed by atoms with Gasteiger partial charge in [-0.15, -0.1) is 0 Å². The van der Waals surface area contributed by atoms with Crippen LogP contribution in [-0.2, 0) is 0 Å². The first-order valence-electron chi connectivity index (χ1n) is 8.15. The molecule has 0 aliphatic rings. The Bertz CT molecular complexity index is 1270. The minimum Gasteiger partial charge on any atom is -0.509 e. The van der Waals surface area contributed by atoms with Gasteiger partial charge in [0.15, 0.2) is 0 Å². The molecule has 0 spiro atoms. The van der Waals surface area contributed by atoms with Gasteiger partial charge < -0.3 is 14.1 Å². The number of furan rings is 1. The fraction of sp³-hybridized carbons (Fsp3) is 0. The van der Waals surface area contributed by atoms with E-state index in [1.54, 1.807) is 0 Å². The van der Waals surface area contributed by atoms with Gasteiger partial charge in [-0.2, -0.15) is 9.97 Å². The first-order valence-corrected chi connectivity index (χ1v) is 8.15. The second-order valence-corrected chi connectivity index (χ2v) is 5.87. The van der Waals surface area contributed by atoms with E-state index in [0.717, 1.165) is 44.1 Å². The highest BCUT2D eigenvalue weighted by Crippen LogP contribution is 2.38. The van der Waals surface area contributed by atoms with Crippen molar-refractivity contribution in [1.29, 1.82) is 0 Å². The van der Waals surface area contributed by atoms with E-state index < -0.39 is 0 Å². The van der Waals surface area contributed by atoms with E-state index in [-0.39, 0.29) is 6.01 Å². The molecule has 3 aromatic carbocycles. The van der Waals surface area contributed by atoms with Crippen LogP contribution < -0.4 is 4.65 Å². The van der Waals surface area contributed by atoms with Crippen LogP contribution in [0.3, 0.4) is 0 Å². The van der Waals surface area contributed by atoms with Gasteiger partial charge in [-0.25, -0.2) is 0 Å². The van der Waals surface area contributed by atoms with Gasteiger partial charge in [0.2, 0.25) is 0 Å². The number of aromatic nitrogens is 2. The second-order valence-electron chi connectivity index (χ2n) is 5.87. The highest BCUT2D eigenvalue weighted by Gasteiger charge is 2.16. The van der Waals surface area contributed by atoms with Crippen LogP contribution in [-0.4, -0.2) is 22.7 Å². The van der Waals surface area contributed by atoms with Crippen LogP contribution in [0.2, 0.25) is 0 Å². The number of rotatable bonds is 3. The molecule has 123 valence electrons. The molecule has 1 radical (unpaired) electrons. The van der Waals surface area contributed by atoms with Crippen LogP contribution in [0.15, 0.2) is 71.1 Å². The molecule has 0 atom stereocenters. The van der Waals surface area contributed by atoms with E-state index in [0.29, 0.717) is 7.69 Å². The highest BCUT2D eigenvalue weighted by molar-refractivity contribution is 6.17. The van der Waals surface area contributed by atoms with Crippen LogP contribution in [0.4, 0.5) is 0 Å². The fourth-order valence-corrected chi connectivity index (χ4v) is 3.33. The minimum absolute atomic E-state index is 0.0889. The number of hydrogen-bond donors (Lipinski definition) is 1. The van der Waals surface area contributed by atoms with Crippen molar-refractivity contribution >= 4 is 40.5 Å². The van der Waals surface area contributed by atoms with E-state index >= 15 is 0 Å². The number of nitrogens with zero attached hydrogens (tertiary/aromatic N) is 2. The largest absolute Gasteiger partial charge is 0.571 e. The van der Waals surface area contributed by atoms with Gasteiger partial charge >= 0.3 is 13.7 Å². The summed E-state index contributed by atoms with van der Waals surface area (Å²) in [5, 5.41) is 11.9. The van der Waals surface area contributed by atoms with Crippen molar-refractivity contribution in [1.82, 2.24) is 9.97 Å². The first-order chi connectivity index (χ1) is 12.8. The molecule has 1 N–H and O–H groups in total. The van der Waals surface area contributed by atoms with Crippen LogP contribution >= 0.6 is 0 Å². The summed E-state index contributed by atoms with van der Waals surface area (Å²) in [6.07, 6.45) is 0. The molecule has 0 bridgehead atoms. The molecular formula is C20H12BN2O3. The van der Waals surface area contributed by atoms with Crippen LogP contribution in [0.25, 0.3) is 44.1 Å². The lowest BCUT2D eigenvalue weighted by molar-refractivity contribution is 0.432. The number of fused-ring (bicyclic) bond motifs is 4. The average molecular weight is 339 g/mol. The van der Waals surface area contributed by atoms with E-state index in [9.17, 15) is 0 Å². The topological polar surface area (TPSA) is 68.4 Å². The van der Waals surface area contributed by atoms with Gasteiger partial charge in [-0.1, -0.05) is 48.5 Å². The summed E-state index contributed by atoms with van der Waals surface area (Å²) in [5.74, 6) is 0. The predicted molar refractivity (Wildman–Crippen MR) is 101 cm³/mol. The molecule has 0 unspecified atom stereocenters. The summed E-state index contributed by atoms with van der Waals surface area (Å²) < 4.78 is 11.0. The number of para-hydroxylation sites is 2. The Morgan fingerprint density at radius 1 is 0.808 bits per heavy atom. The fourth-order valence-electron chi connectivity index (χ4n) is 3.33. The normalized spacial score (nSPS) is 11.3. The van der Waals surface area contributed by atoms with Crippen molar-refractivity contribution in [3.05, 3.63) is 66.7 Å². The Morgan fingerprint density at radius 2 is 1.58 bits per heavy atom. The van der Waals surface area contributed by atoms with E-state index in [2.05, 4.69) is 9.97 Å². The molecule has 0 aliphatic carbocycles. The van der Waals surface area contributed by atoms with Gasteiger partial charge in [0, 0.05) is 21.7 Å². The van der Waals surface area contributed by atoms with Crippen LogP contribution in [0.5, 0.6) is 6.01 Å². The SMILES string of the molecule is O[B]Oc1nc(-c2cccc3oc4ccccc4c23)c2ccccc2n1. The molecule has 0 saturated carbocycles. The van der Waals surface area contributed by atoms with Gasteiger partial charge in [0.25, 0.3) is 0 Å². The smallest absolute Gasteiger partial charge is 0.509 e. The Kier molecular flexibility index (Phi) is 3.36. The third-order valence-corrected chi connectivity index (χ3v) is 4.40. The maximum Gasteiger partial charge on any atom is 0.571 e. The van der Waals surface area contributed by atoms with Crippen molar-refractivity contribution in [2.24, 2.45) is 0 Å². The lowest BCUT2D eigenvalue weighted by atomic mass is 10.0. The molecule has 5 rings (SSSR count). The number of benzene rings is 3. The molecule has 6 heteroatoms. The summed E-state index contributed by atoms with van der Waals surface area (Å²) in [7, 11) is 0.585. The minimum atomic E-state index is 0.0889. The summed E-state index contributed by atoms with van der Waals surface area (Å²) in [4.78, 5) is 8.86. The molecule has 0 aliphatic heterocycles. The summed E-state index contributed by atoms with van der Waals surface area (Å²) in [6.45, 7) is 0. The second kappa shape index (κ2) is 5.86. The monoisotopic (exact) mass is 339 g/mol. The number of hydrogen-bond acceptors (Lipinski definition) is 5. The standard InChI is InChI=1S/C20H12BN2O3/c24-21-26-20-22-15-9-3-1-6-12(15)19(23-20)14-8-5-11-17-18(14)13-7-2-4-10-16(13)25-17/h1-11,24H. The zero-order valence-electron chi connectivity index (χ0n) is 13.6. The highest BCUT2D eigenvalue weighted by atomic mass is 16.5. The van der Waals surface area contributed by atoms with E-state index in [1.165, 1.54) is 0 Å². The maximum absolute atomic E-state index is 8.99. The van der Waals surface area contributed by atoms with E-state index in [4.69, 9.17) is 14.1 Å². The summed E-state index contributed by atoms with van der Waals surface area (Å²) in [5.41, 5.74) is 4.01. The summed E-state index contributed by atoms with van der Waals surface area (Å²) >= 11 is 0. The molecule has 26 heavy (non-hydrogen) atoms. The first kappa shape index (κ1) is 14.9. The van der Waals surface area contributed by atoms with E-state index in [1.807, 2.05) is 66.7 Å². The zero-order valence-corrected chi connectivity index (χ0v) is 13.6. The zero-order chi connectivity index (χ0) is 17.5. The quantitative estimate of drug-likeness (QED) is 0.501. The van der Waals surface area contributed by atoms with Crippen molar-refractivity contribution in [3.63, 3.8) is 0 Å². The van der Waals surface area contributed by atoms with Crippen molar-refractivity contribution in [2.75, 3.05) is 0 Å². The predicted octanol–water partition coefficient (Wildman–Crippen LogP) is 4.10. The van der Waals surface area contributed by atoms with Crippen molar-refractivity contribution in [2.45, 2.75) is 0 Å². The van der Waals surface area contributed by atoms with Gasteiger partial charge in [-0.05, 0) is 18.2 Å². The molecule has 0 saturated heterocycles. The van der Waals surface area contributed by atoms with Crippen LogP contribution in [0.1, 0.15) is 0 Å². The van der Waals surface area contributed by atoms with Gasteiger partial charge in [-0.3, -0.25) is 0 Å². The third kappa shape index (κ3) is 2.23. The van der Waals surface area contributed by atoms with Crippen molar-refractivity contribution in [3.8, 4) is 17.3 Å². The third-order valence-electron chi connectivity index (χ3n) is 4.40. The Morgan fingerprint density at radius 3 is 2.46 bits per heavy atom. The molecule has 5 nitrogen and oxygen atoms in total. The van der Waals surface area contributed by atoms with Gasteiger partial charge in [0.1, 0.15) is 11.2 Å².